The number of nitrogens with zero attached hydrogens (tertiary/aromatic N) is 2. The Kier molecular flexibility index (Phi) is 4.06. The molecule has 19 heavy (non-hydrogen) atoms. The predicted octanol–water partition coefficient (Wildman–Crippen LogP) is 3.76. The number of aliphatic hydroxyl groups is 1. The van der Waals surface area contributed by atoms with E-state index in [1.165, 1.54) is 0 Å². The van der Waals surface area contributed by atoms with Crippen molar-refractivity contribution in [3.8, 4) is 0 Å². The second-order valence-electron chi connectivity index (χ2n) is 4.80. The van der Waals surface area contributed by atoms with E-state index in [1.807, 2.05) is 13.8 Å². The molecule has 3 nitrogen and oxygen atoms in total. The lowest BCUT2D eigenvalue weighted by Gasteiger charge is -2.18. The zero-order valence-corrected chi connectivity index (χ0v) is 12.6. The molecule has 1 heterocycles. The Bertz CT molecular complexity index is 595. The van der Waals surface area contributed by atoms with Crippen LogP contribution in [0.3, 0.4) is 0 Å². The van der Waals surface area contributed by atoms with Crippen LogP contribution in [0.2, 0.25) is 0 Å². The number of hydrogen-bond donors (Lipinski definition) is 1. The van der Waals surface area contributed by atoms with E-state index in [2.05, 4.69) is 21.0 Å². The van der Waals surface area contributed by atoms with Gasteiger partial charge in [0.15, 0.2) is 0 Å². The van der Waals surface area contributed by atoms with Crippen LogP contribution >= 0.6 is 15.9 Å². The van der Waals surface area contributed by atoms with Crippen molar-refractivity contribution in [2.75, 3.05) is 0 Å². The fraction of sp³-hybridized carbons (Fsp3) is 0.357. The van der Waals surface area contributed by atoms with E-state index in [4.69, 9.17) is 0 Å². The zero-order valence-electron chi connectivity index (χ0n) is 11.1. The Balaban J connectivity index is 2.53. The van der Waals surface area contributed by atoms with Gasteiger partial charge in [0.1, 0.15) is 11.9 Å². The molecule has 0 aliphatic rings. The third-order valence-electron chi connectivity index (χ3n) is 3.05. The maximum Gasteiger partial charge on any atom is 0.132 e. The van der Waals surface area contributed by atoms with Crippen molar-refractivity contribution in [1.82, 2.24) is 9.78 Å². The molecule has 5 heteroatoms. The largest absolute Gasteiger partial charge is 0.382 e. The second kappa shape index (κ2) is 5.43. The Morgan fingerprint density at radius 2 is 2.05 bits per heavy atom. The monoisotopic (exact) mass is 326 g/mol. The molecule has 1 aromatic carbocycles. The summed E-state index contributed by atoms with van der Waals surface area (Å²) in [6.45, 7) is 5.60. The van der Waals surface area contributed by atoms with Crippen LogP contribution in [0.5, 0.6) is 0 Å². The number of hydrogen-bond acceptors (Lipinski definition) is 2. The molecule has 2 rings (SSSR count). The van der Waals surface area contributed by atoms with Gasteiger partial charge in [-0.3, -0.25) is 4.68 Å². The minimum atomic E-state index is -1.04. The minimum Gasteiger partial charge on any atom is -0.382 e. The first-order valence-electron chi connectivity index (χ1n) is 6.09. The molecule has 0 bridgehead atoms. The summed E-state index contributed by atoms with van der Waals surface area (Å²) in [5, 5.41) is 14.7. The smallest absolute Gasteiger partial charge is 0.132 e. The van der Waals surface area contributed by atoms with Crippen LogP contribution in [-0.4, -0.2) is 14.9 Å². The molecule has 0 amide bonds. The van der Waals surface area contributed by atoms with E-state index >= 15 is 0 Å². The minimum absolute atomic E-state index is 0.0869. The van der Waals surface area contributed by atoms with Crippen molar-refractivity contribution < 1.29 is 9.50 Å². The highest BCUT2D eigenvalue weighted by Crippen LogP contribution is 2.32. The summed E-state index contributed by atoms with van der Waals surface area (Å²) < 4.78 is 16.5. The van der Waals surface area contributed by atoms with Crippen LogP contribution in [0.4, 0.5) is 4.39 Å². The van der Waals surface area contributed by atoms with Crippen LogP contribution in [0.1, 0.15) is 42.8 Å². The molecule has 2 aromatic rings. The van der Waals surface area contributed by atoms with Crippen molar-refractivity contribution in [3.63, 3.8) is 0 Å². The Morgan fingerprint density at radius 1 is 1.37 bits per heavy atom. The SMILES string of the molecule is Cc1cccc(C(O)c2c(Br)cnn2C(C)C)c1F. The molecule has 0 saturated carbocycles. The molecule has 1 atom stereocenters. The lowest BCUT2D eigenvalue weighted by atomic mass is 10.0. The van der Waals surface area contributed by atoms with Crippen molar-refractivity contribution in [1.29, 1.82) is 0 Å². The molecule has 0 spiro atoms. The fourth-order valence-corrected chi connectivity index (χ4v) is 2.54. The van der Waals surface area contributed by atoms with Gasteiger partial charge in [0.25, 0.3) is 0 Å². The van der Waals surface area contributed by atoms with Gasteiger partial charge in [-0.25, -0.2) is 4.39 Å². The number of aryl methyl sites for hydroxylation is 1. The highest BCUT2D eigenvalue weighted by atomic mass is 79.9. The van der Waals surface area contributed by atoms with E-state index in [-0.39, 0.29) is 17.4 Å². The molecule has 1 unspecified atom stereocenters. The lowest BCUT2D eigenvalue weighted by molar-refractivity contribution is 0.199. The quantitative estimate of drug-likeness (QED) is 0.932. The Morgan fingerprint density at radius 3 is 2.68 bits per heavy atom. The van der Waals surface area contributed by atoms with Gasteiger partial charge < -0.3 is 5.11 Å². The fourth-order valence-electron chi connectivity index (χ4n) is 2.05. The van der Waals surface area contributed by atoms with Crippen molar-refractivity contribution in [2.45, 2.75) is 32.9 Å². The molecule has 102 valence electrons. The van der Waals surface area contributed by atoms with E-state index in [9.17, 15) is 9.50 Å². The highest BCUT2D eigenvalue weighted by Gasteiger charge is 2.23. The lowest BCUT2D eigenvalue weighted by Crippen LogP contribution is -2.14. The average molecular weight is 327 g/mol. The maximum absolute atomic E-state index is 14.1. The van der Waals surface area contributed by atoms with Crippen LogP contribution in [0.15, 0.2) is 28.9 Å². The van der Waals surface area contributed by atoms with Gasteiger partial charge in [-0.05, 0) is 42.3 Å². The number of rotatable bonds is 3. The maximum atomic E-state index is 14.1. The predicted molar refractivity (Wildman–Crippen MR) is 75.5 cm³/mol. The first kappa shape index (κ1) is 14.2. The molecular weight excluding hydrogens is 311 g/mol. The second-order valence-corrected chi connectivity index (χ2v) is 5.65. The standard InChI is InChI=1S/C14H16BrFN2O/c1-8(2)18-13(11(15)7-17-18)14(19)10-6-4-5-9(3)12(10)16/h4-8,14,19H,1-3H3. The van der Waals surface area contributed by atoms with Gasteiger partial charge in [0.2, 0.25) is 0 Å². The molecule has 0 saturated heterocycles. The summed E-state index contributed by atoms with van der Waals surface area (Å²) in [7, 11) is 0. The van der Waals surface area contributed by atoms with E-state index in [0.29, 0.717) is 15.7 Å². The number of aliphatic hydroxyl groups excluding tert-OH is 1. The number of halogens is 2. The molecule has 0 aliphatic heterocycles. The highest BCUT2D eigenvalue weighted by molar-refractivity contribution is 9.10. The van der Waals surface area contributed by atoms with Crippen molar-refractivity contribution in [3.05, 3.63) is 51.5 Å². The Labute approximate surface area is 120 Å². The summed E-state index contributed by atoms with van der Waals surface area (Å²) in [6, 6.07) is 5.10. The molecule has 1 N–H and O–H groups in total. The Hall–Kier alpha value is -1.20. The molecule has 0 aliphatic carbocycles. The van der Waals surface area contributed by atoms with Crippen LogP contribution in [0, 0.1) is 12.7 Å². The molecule has 0 radical (unpaired) electrons. The summed E-state index contributed by atoms with van der Waals surface area (Å²) in [6.07, 6.45) is 0.575. The summed E-state index contributed by atoms with van der Waals surface area (Å²) in [5.74, 6) is -0.376. The summed E-state index contributed by atoms with van der Waals surface area (Å²) in [4.78, 5) is 0. The number of aromatic nitrogens is 2. The molecule has 1 aromatic heterocycles. The van der Waals surface area contributed by atoms with Crippen molar-refractivity contribution in [2.24, 2.45) is 0 Å². The van der Waals surface area contributed by atoms with Crippen LogP contribution < -0.4 is 0 Å². The normalized spacial score (nSPS) is 13.0. The van der Waals surface area contributed by atoms with E-state index in [1.54, 1.807) is 36.0 Å². The van der Waals surface area contributed by atoms with Gasteiger partial charge in [-0.15, -0.1) is 0 Å². The topological polar surface area (TPSA) is 38.1 Å². The van der Waals surface area contributed by atoms with Crippen LogP contribution in [0.25, 0.3) is 0 Å². The summed E-state index contributed by atoms with van der Waals surface area (Å²) in [5.41, 5.74) is 1.35. The van der Waals surface area contributed by atoms with Crippen molar-refractivity contribution >= 4 is 15.9 Å². The first-order valence-corrected chi connectivity index (χ1v) is 6.88. The molecule has 0 fully saturated rings. The zero-order chi connectivity index (χ0) is 14.2. The number of benzene rings is 1. The van der Waals surface area contributed by atoms with Gasteiger partial charge in [-0.2, -0.15) is 5.10 Å². The first-order chi connectivity index (χ1) is 8.93. The van der Waals surface area contributed by atoms with Gasteiger partial charge in [-0.1, -0.05) is 18.2 Å². The molecular formula is C14H16BrFN2O. The third kappa shape index (κ3) is 2.58. The van der Waals surface area contributed by atoms with Gasteiger partial charge in [0, 0.05) is 11.6 Å². The van der Waals surface area contributed by atoms with Gasteiger partial charge >= 0.3 is 0 Å². The van der Waals surface area contributed by atoms with Crippen LogP contribution in [-0.2, 0) is 0 Å². The van der Waals surface area contributed by atoms with E-state index in [0.717, 1.165) is 0 Å². The van der Waals surface area contributed by atoms with Gasteiger partial charge in [0.05, 0.1) is 16.4 Å². The average Bonchev–Trinajstić information content (AvgIpc) is 2.74. The third-order valence-corrected chi connectivity index (χ3v) is 3.66. The van der Waals surface area contributed by atoms with E-state index < -0.39 is 6.10 Å². The summed E-state index contributed by atoms with van der Waals surface area (Å²) >= 11 is 3.36.